The Balaban J connectivity index is 1.42. The van der Waals surface area contributed by atoms with Crippen LogP contribution >= 0.6 is 15.9 Å². The van der Waals surface area contributed by atoms with Gasteiger partial charge in [-0.3, -0.25) is 19.7 Å². The summed E-state index contributed by atoms with van der Waals surface area (Å²) < 4.78 is 6.88. The van der Waals surface area contributed by atoms with Gasteiger partial charge in [0, 0.05) is 22.2 Å². The summed E-state index contributed by atoms with van der Waals surface area (Å²) in [7, 11) is -1.08. The third-order valence-corrected chi connectivity index (χ3v) is 8.72. The van der Waals surface area contributed by atoms with E-state index in [2.05, 4.69) is 15.9 Å². The van der Waals surface area contributed by atoms with E-state index in [0.717, 1.165) is 26.1 Å². The molecule has 5 rings (SSSR count). The Morgan fingerprint density at radius 1 is 1.23 bits per heavy atom. The standard InChI is InChI=1S/C29H30BBrN2O7/c1-3-17-13-22-27(29(36)32(28(22)35)20-5-4-6-21(14-20)33(38)39)23-15-30(37)40-25(26(17)23)10-7-16(2)11-18-12-19(31)8-9-24(18)34/h4-6,8-9,11-12,14,22-23,25,27,34,37H,3,7,10,13,15H2,1-2H3/b16-11+/t22-,23+,25-,27-/m1/s1. The lowest BCUT2D eigenvalue weighted by atomic mass is 9.58. The van der Waals surface area contributed by atoms with Crippen LogP contribution in [0.4, 0.5) is 11.4 Å². The molecule has 40 heavy (non-hydrogen) atoms. The van der Waals surface area contributed by atoms with E-state index in [9.17, 15) is 29.8 Å². The number of phenols is 1. The third-order valence-electron chi connectivity index (χ3n) is 8.23. The predicted octanol–water partition coefficient (Wildman–Crippen LogP) is 5.66. The minimum atomic E-state index is -1.08. The van der Waals surface area contributed by atoms with Crippen molar-refractivity contribution >= 4 is 52.3 Å². The number of nitro groups is 1. The Morgan fingerprint density at radius 3 is 2.73 bits per heavy atom. The van der Waals surface area contributed by atoms with E-state index in [0.29, 0.717) is 31.2 Å². The fourth-order valence-corrected chi connectivity index (χ4v) is 6.82. The quantitative estimate of drug-likeness (QED) is 0.136. The number of halogens is 1. The highest BCUT2D eigenvalue weighted by molar-refractivity contribution is 9.10. The number of allylic oxidation sites excluding steroid dienone is 2. The van der Waals surface area contributed by atoms with Crippen molar-refractivity contribution in [1.82, 2.24) is 0 Å². The first-order chi connectivity index (χ1) is 19.1. The summed E-state index contributed by atoms with van der Waals surface area (Å²) >= 11 is 3.43. The molecule has 2 N–H and O–H groups in total. The summed E-state index contributed by atoms with van der Waals surface area (Å²) in [5, 5.41) is 32.2. The van der Waals surface area contributed by atoms with Gasteiger partial charge in [0.25, 0.3) is 5.69 Å². The van der Waals surface area contributed by atoms with Gasteiger partial charge in [-0.05, 0) is 74.7 Å². The third kappa shape index (κ3) is 5.25. The zero-order valence-corrected chi connectivity index (χ0v) is 23.8. The molecule has 2 aromatic carbocycles. The number of fused-ring (bicyclic) bond motifs is 3. The molecule has 208 valence electrons. The number of carbonyl (C=O) groups excluding carboxylic acids is 2. The Kier molecular flexibility index (Phi) is 7.99. The van der Waals surface area contributed by atoms with Gasteiger partial charge < -0.3 is 14.8 Å². The van der Waals surface area contributed by atoms with E-state index >= 15 is 0 Å². The maximum Gasteiger partial charge on any atom is 0.455 e. The van der Waals surface area contributed by atoms with Crippen LogP contribution in [-0.2, 0) is 14.2 Å². The molecule has 2 saturated heterocycles. The molecule has 0 unspecified atom stereocenters. The van der Waals surface area contributed by atoms with E-state index in [1.807, 2.05) is 26.0 Å². The Labute approximate surface area is 240 Å². The summed E-state index contributed by atoms with van der Waals surface area (Å²) in [6, 6.07) is 10.8. The smallest absolute Gasteiger partial charge is 0.455 e. The van der Waals surface area contributed by atoms with Crippen molar-refractivity contribution in [2.75, 3.05) is 4.90 Å². The minimum Gasteiger partial charge on any atom is -0.507 e. The SMILES string of the molecule is CCC1=C2[C@@H](CC/C(C)=C/c3cc(Br)ccc3O)OB(O)C[C@@H]2[C@@H]2C(=O)N(c3cccc([N+](=O)[O-])c3)C(=O)[C@@H]2C1. The van der Waals surface area contributed by atoms with E-state index in [1.165, 1.54) is 24.3 Å². The van der Waals surface area contributed by atoms with Crippen LogP contribution in [0.25, 0.3) is 6.08 Å². The van der Waals surface area contributed by atoms with Crippen molar-refractivity contribution in [3.8, 4) is 5.75 Å². The first kappa shape index (κ1) is 28.3. The average molecular weight is 609 g/mol. The number of phenolic OH excluding ortho intramolecular Hbond substituents is 1. The van der Waals surface area contributed by atoms with Gasteiger partial charge in [0.05, 0.1) is 28.6 Å². The van der Waals surface area contributed by atoms with E-state index in [1.54, 1.807) is 12.1 Å². The molecular formula is C29H30BBrN2O7. The van der Waals surface area contributed by atoms with Crippen molar-refractivity contribution in [3.63, 3.8) is 0 Å². The number of non-ortho nitro benzene ring substituents is 1. The molecule has 0 radical (unpaired) electrons. The number of nitro benzene ring substituents is 1. The highest BCUT2D eigenvalue weighted by Crippen LogP contribution is 2.52. The van der Waals surface area contributed by atoms with Crippen LogP contribution in [0.3, 0.4) is 0 Å². The first-order valence-electron chi connectivity index (χ1n) is 13.4. The number of rotatable bonds is 7. The van der Waals surface area contributed by atoms with Crippen LogP contribution in [0.1, 0.15) is 45.1 Å². The molecule has 3 aliphatic rings. The van der Waals surface area contributed by atoms with Gasteiger partial charge in [-0.1, -0.05) is 46.1 Å². The van der Waals surface area contributed by atoms with Crippen LogP contribution in [-0.4, -0.2) is 40.1 Å². The van der Waals surface area contributed by atoms with Gasteiger partial charge in [-0.2, -0.15) is 0 Å². The monoisotopic (exact) mass is 608 g/mol. The zero-order valence-electron chi connectivity index (χ0n) is 22.2. The fraction of sp³-hybridized carbons (Fsp3) is 0.379. The van der Waals surface area contributed by atoms with E-state index in [-0.39, 0.29) is 41.2 Å². The average Bonchev–Trinajstić information content (AvgIpc) is 3.18. The summed E-state index contributed by atoms with van der Waals surface area (Å²) in [5.74, 6) is -2.16. The molecule has 2 aromatic rings. The van der Waals surface area contributed by atoms with Gasteiger partial charge >= 0.3 is 7.12 Å². The highest BCUT2D eigenvalue weighted by atomic mass is 79.9. The second-order valence-electron chi connectivity index (χ2n) is 10.7. The lowest BCUT2D eigenvalue weighted by molar-refractivity contribution is -0.384. The lowest BCUT2D eigenvalue weighted by Crippen LogP contribution is -2.46. The number of anilines is 1. The summed E-state index contributed by atoms with van der Waals surface area (Å²) in [6.45, 7) is 3.99. The largest absolute Gasteiger partial charge is 0.507 e. The molecule has 2 amide bonds. The van der Waals surface area contributed by atoms with Gasteiger partial charge in [0.1, 0.15) is 5.75 Å². The Hall–Kier alpha value is -3.28. The summed E-state index contributed by atoms with van der Waals surface area (Å²) in [6.07, 6.45) is 4.01. The second kappa shape index (κ2) is 11.3. The number of imide groups is 1. The van der Waals surface area contributed by atoms with Crippen LogP contribution in [0.2, 0.25) is 6.32 Å². The van der Waals surface area contributed by atoms with Gasteiger partial charge in [-0.15, -0.1) is 0 Å². The number of hydrogen-bond acceptors (Lipinski definition) is 7. The van der Waals surface area contributed by atoms with E-state index in [4.69, 9.17) is 4.65 Å². The number of aromatic hydroxyl groups is 1. The number of hydrogen-bond donors (Lipinski definition) is 2. The second-order valence-corrected chi connectivity index (χ2v) is 11.6. The molecule has 0 saturated carbocycles. The maximum atomic E-state index is 13.8. The normalized spacial score (nSPS) is 24.9. The first-order valence-corrected chi connectivity index (χ1v) is 14.2. The Morgan fingerprint density at radius 2 is 2.00 bits per heavy atom. The van der Waals surface area contributed by atoms with Crippen molar-refractivity contribution in [2.45, 2.75) is 52.0 Å². The van der Waals surface area contributed by atoms with E-state index < -0.39 is 30.0 Å². The number of amides is 2. The van der Waals surface area contributed by atoms with Crippen LogP contribution in [0.5, 0.6) is 5.75 Å². The summed E-state index contributed by atoms with van der Waals surface area (Å²) in [4.78, 5) is 39.2. The van der Waals surface area contributed by atoms with Crippen LogP contribution in [0.15, 0.2) is 63.7 Å². The van der Waals surface area contributed by atoms with Crippen molar-refractivity contribution in [1.29, 1.82) is 0 Å². The molecule has 2 heterocycles. The highest BCUT2D eigenvalue weighted by Gasteiger charge is 2.57. The molecular weight excluding hydrogens is 579 g/mol. The molecule has 11 heteroatoms. The molecule has 1 aliphatic carbocycles. The fourth-order valence-electron chi connectivity index (χ4n) is 6.44. The minimum absolute atomic E-state index is 0.180. The number of carbonyl (C=O) groups is 2. The van der Waals surface area contributed by atoms with Crippen molar-refractivity contribution < 1.29 is 29.3 Å². The molecule has 9 nitrogen and oxygen atoms in total. The molecule has 2 aliphatic heterocycles. The molecule has 0 bridgehead atoms. The zero-order chi connectivity index (χ0) is 28.7. The molecule has 0 spiro atoms. The van der Waals surface area contributed by atoms with Crippen molar-refractivity contribution in [2.24, 2.45) is 17.8 Å². The van der Waals surface area contributed by atoms with Gasteiger partial charge in [-0.25, -0.2) is 4.90 Å². The van der Waals surface area contributed by atoms with Gasteiger partial charge in [0.15, 0.2) is 0 Å². The number of nitrogens with zero attached hydrogens (tertiary/aromatic N) is 2. The molecule has 4 atom stereocenters. The summed E-state index contributed by atoms with van der Waals surface area (Å²) in [5.41, 5.74) is 3.77. The van der Waals surface area contributed by atoms with Crippen LogP contribution < -0.4 is 4.90 Å². The lowest BCUT2D eigenvalue weighted by Gasteiger charge is -2.43. The van der Waals surface area contributed by atoms with Crippen molar-refractivity contribution in [3.05, 3.63) is 79.3 Å². The van der Waals surface area contributed by atoms with Crippen LogP contribution in [0, 0.1) is 27.9 Å². The topological polar surface area (TPSA) is 130 Å². The molecule has 0 aromatic heterocycles. The maximum absolute atomic E-state index is 13.8. The number of benzene rings is 2. The molecule has 2 fully saturated rings. The van der Waals surface area contributed by atoms with Gasteiger partial charge in [0.2, 0.25) is 11.8 Å². The predicted molar refractivity (Wildman–Crippen MR) is 154 cm³/mol. The Bertz CT molecular complexity index is 1440.